The Morgan fingerprint density at radius 2 is 2.07 bits per heavy atom. The summed E-state index contributed by atoms with van der Waals surface area (Å²) < 4.78 is 40.2. The first-order valence-corrected chi connectivity index (χ1v) is 3.82. The number of carbonyl (C=O) groups is 1. The quantitative estimate of drug-likeness (QED) is 0.738. The molecule has 1 rings (SSSR count). The largest absolute Gasteiger partial charge is 0.435 e. The minimum Gasteiger partial charge on any atom is -0.435 e. The van der Waals surface area contributed by atoms with Gasteiger partial charge < -0.3 is 4.74 Å². The molecule has 2 nitrogen and oxygen atoms in total. The van der Waals surface area contributed by atoms with Crippen LogP contribution in [-0.4, -0.2) is 11.9 Å². The van der Waals surface area contributed by atoms with Crippen molar-refractivity contribution in [2.45, 2.75) is 6.61 Å². The van der Waals surface area contributed by atoms with Gasteiger partial charge in [-0.3, -0.25) is 4.79 Å². The van der Waals surface area contributed by atoms with Gasteiger partial charge in [0.15, 0.2) is 0 Å². The first-order chi connectivity index (χ1) is 6.50. The molecule has 1 aromatic rings. The lowest BCUT2D eigenvalue weighted by Gasteiger charge is -2.04. The van der Waals surface area contributed by atoms with Crippen molar-refractivity contribution in [2.24, 2.45) is 0 Å². The second-order valence-corrected chi connectivity index (χ2v) is 2.64. The summed E-state index contributed by atoms with van der Waals surface area (Å²) in [6.45, 7) is -3.04. The number of hydrogen-bond donors (Lipinski definition) is 0. The average Bonchev–Trinajstić information content (AvgIpc) is 2.01. The molecule has 0 aliphatic heterocycles. The van der Waals surface area contributed by atoms with Gasteiger partial charge in [-0.15, -0.1) is 0 Å². The van der Waals surface area contributed by atoms with Crippen LogP contribution in [0.2, 0.25) is 0 Å². The van der Waals surface area contributed by atoms with E-state index in [0.717, 1.165) is 12.1 Å². The number of rotatable bonds is 3. The molecular formula is C8H4ClF3O2. The monoisotopic (exact) mass is 224 g/mol. The number of benzene rings is 1. The van der Waals surface area contributed by atoms with E-state index >= 15 is 0 Å². The molecule has 0 amide bonds. The Kier molecular flexibility index (Phi) is 3.35. The third-order valence-corrected chi connectivity index (χ3v) is 1.58. The second-order valence-electron chi connectivity index (χ2n) is 2.29. The molecular weight excluding hydrogens is 221 g/mol. The molecule has 76 valence electrons. The average molecular weight is 225 g/mol. The van der Waals surface area contributed by atoms with E-state index in [1.165, 1.54) is 0 Å². The highest BCUT2D eigenvalue weighted by Crippen LogP contribution is 2.19. The topological polar surface area (TPSA) is 26.3 Å². The van der Waals surface area contributed by atoms with Gasteiger partial charge in [-0.25, -0.2) is 4.39 Å². The lowest BCUT2D eigenvalue weighted by Crippen LogP contribution is -2.03. The van der Waals surface area contributed by atoms with E-state index in [-0.39, 0.29) is 11.3 Å². The fourth-order valence-corrected chi connectivity index (χ4v) is 0.985. The summed E-state index contributed by atoms with van der Waals surface area (Å²) >= 11 is 5.00. The van der Waals surface area contributed by atoms with Crippen LogP contribution in [0.15, 0.2) is 18.2 Å². The zero-order chi connectivity index (χ0) is 10.7. The third kappa shape index (κ3) is 2.63. The number of carbonyl (C=O) groups excluding carboxylic acids is 1. The smallest absolute Gasteiger partial charge is 0.387 e. The van der Waals surface area contributed by atoms with Crippen molar-refractivity contribution in [2.75, 3.05) is 0 Å². The molecule has 6 heteroatoms. The molecule has 0 radical (unpaired) electrons. The van der Waals surface area contributed by atoms with Gasteiger partial charge in [0.2, 0.25) is 0 Å². The molecule has 0 saturated carbocycles. The molecule has 0 aromatic heterocycles. The Morgan fingerprint density at radius 1 is 1.43 bits per heavy atom. The zero-order valence-electron chi connectivity index (χ0n) is 6.64. The van der Waals surface area contributed by atoms with Crippen LogP contribution in [0, 0.1) is 5.82 Å². The minimum absolute atomic E-state index is 0.362. The molecule has 0 fully saturated rings. The predicted molar refractivity (Wildman–Crippen MR) is 43.2 cm³/mol. The van der Waals surface area contributed by atoms with Crippen molar-refractivity contribution < 1.29 is 22.7 Å². The fourth-order valence-electron chi connectivity index (χ4n) is 0.831. The predicted octanol–water partition coefficient (Wildman–Crippen LogP) is 2.81. The van der Waals surface area contributed by atoms with Gasteiger partial charge in [0, 0.05) is 6.07 Å². The van der Waals surface area contributed by atoms with E-state index < -0.39 is 17.7 Å². The first kappa shape index (κ1) is 10.8. The number of alkyl halides is 2. The van der Waals surface area contributed by atoms with Crippen LogP contribution >= 0.6 is 11.6 Å². The van der Waals surface area contributed by atoms with E-state index in [1.807, 2.05) is 0 Å². The fraction of sp³-hybridized carbons (Fsp3) is 0.125. The van der Waals surface area contributed by atoms with Gasteiger partial charge in [-0.05, 0) is 23.7 Å². The van der Waals surface area contributed by atoms with Gasteiger partial charge in [0.1, 0.15) is 11.6 Å². The lowest BCUT2D eigenvalue weighted by atomic mass is 10.2. The zero-order valence-corrected chi connectivity index (χ0v) is 7.39. The van der Waals surface area contributed by atoms with Crippen molar-refractivity contribution in [1.82, 2.24) is 0 Å². The molecule has 14 heavy (non-hydrogen) atoms. The van der Waals surface area contributed by atoms with Crippen molar-refractivity contribution in [3.8, 4) is 5.75 Å². The summed E-state index contributed by atoms with van der Waals surface area (Å²) in [6, 6.07) is 2.68. The highest BCUT2D eigenvalue weighted by Gasteiger charge is 2.11. The third-order valence-electron chi connectivity index (χ3n) is 1.38. The van der Waals surface area contributed by atoms with E-state index in [2.05, 4.69) is 4.74 Å². The van der Waals surface area contributed by atoms with E-state index in [4.69, 9.17) is 11.6 Å². The minimum atomic E-state index is -3.04. The Bertz CT molecular complexity index is 354. The van der Waals surface area contributed by atoms with Crippen LogP contribution in [-0.2, 0) is 0 Å². The van der Waals surface area contributed by atoms with Gasteiger partial charge in [0.25, 0.3) is 5.24 Å². The number of halogens is 4. The summed E-state index contributed by atoms with van der Waals surface area (Å²) in [7, 11) is 0. The molecule has 0 heterocycles. The van der Waals surface area contributed by atoms with Crippen LogP contribution in [0.3, 0.4) is 0 Å². The Morgan fingerprint density at radius 3 is 2.50 bits per heavy atom. The summed E-state index contributed by atoms with van der Waals surface area (Å²) in [5.41, 5.74) is -0.381. The molecule has 0 unspecified atom stereocenters. The Hall–Kier alpha value is -1.23. The van der Waals surface area contributed by atoms with E-state index in [9.17, 15) is 18.0 Å². The maximum atomic E-state index is 12.9. The molecule has 1 aromatic carbocycles. The summed E-state index contributed by atoms with van der Waals surface area (Å²) in [4.78, 5) is 10.5. The van der Waals surface area contributed by atoms with Crippen molar-refractivity contribution in [3.05, 3.63) is 29.6 Å². The van der Waals surface area contributed by atoms with Crippen LogP contribution in [0.5, 0.6) is 5.75 Å². The van der Waals surface area contributed by atoms with E-state index in [0.29, 0.717) is 6.07 Å². The molecule has 0 aliphatic carbocycles. The van der Waals surface area contributed by atoms with Crippen molar-refractivity contribution in [3.63, 3.8) is 0 Å². The van der Waals surface area contributed by atoms with Gasteiger partial charge in [-0.2, -0.15) is 8.78 Å². The van der Waals surface area contributed by atoms with Crippen LogP contribution < -0.4 is 4.74 Å². The molecule has 0 spiro atoms. The highest BCUT2D eigenvalue weighted by molar-refractivity contribution is 6.67. The molecule has 0 atom stereocenters. The lowest BCUT2D eigenvalue weighted by molar-refractivity contribution is -0.0499. The van der Waals surface area contributed by atoms with E-state index in [1.54, 1.807) is 0 Å². The van der Waals surface area contributed by atoms with Crippen LogP contribution in [0.25, 0.3) is 0 Å². The highest BCUT2D eigenvalue weighted by atomic mass is 35.5. The number of ether oxygens (including phenoxy) is 1. The van der Waals surface area contributed by atoms with Crippen molar-refractivity contribution >= 4 is 16.8 Å². The van der Waals surface area contributed by atoms with Crippen LogP contribution in [0.4, 0.5) is 13.2 Å². The Labute approximate surface area is 82.2 Å². The van der Waals surface area contributed by atoms with Gasteiger partial charge in [-0.1, -0.05) is 0 Å². The van der Waals surface area contributed by atoms with Gasteiger partial charge in [0.05, 0.1) is 5.56 Å². The molecule has 0 bridgehead atoms. The standard InChI is InChI=1S/C8H4ClF3O2/c9-7(13)5-2-1-4(3-6(5)10)14-8(11)12/h1-3,8H. The molecule has 0 aliphatic rings. The maximum absolute atomic E-state index is 12.9. The molecule has 0 N–H and O–H groups in total. The Balaban J connectivity index is 2.94. The van der Waals surface area contributed by atoms with Crippen LogP contribution in [0.1, 0.15) is 10.4 Å². The summed E-state index contributed by atoms with van der Waals surface area (Å²) in [5, 5.41) is -0.994. The maximum Gasteiger partial charge on any atom is 0.387 e. The van der Waals surface area contributed by atoms with Crippen molar-refractivity contribution in [1.29, 1.82) is 0 Å². The molecule has 0 saturated heterocycles. The second kappa shape index (κ2) is 4.32. The summed E-state index contributed by atoms with van der Waals surface area (Å²) in [5.74, 6) is -1.36. The number of hydrogen-bond acceptors (Lipinski definition) is 2. The first-order valence-electron chi connectivity index (χ1n) is 3.45. The normalized spacial score (nSPS) is 10.4. The van der Waals surface area contributed by atoms with Gasteiger partial charge >= 0.3 is 6.61 Å². The summed E-state index contributed by atoms with van der Waals surface area (Å²) in [6.07, 6.45) is 0. The SMILES string of the molecule is O=C(Cl)c1ccc(OC(F)F)cc1F.